The SMILES string of the molecule is [CH2]c1c(C)cccc1NS(=O)(=O)O. The van der Waals surface area contributed by atoms with E-state index in [2.05, 4.69) is 6.92 Å². The lowest BCUT2D eigenvalue weighted by Gasteiger charge is -2.07. The van der Waals surface area contributed by atoms with Crippen LogP contribution < -0.4 is 4.72 Å². The Hall–Kier alpha value is -1.07. The fourth-order valence-corrected chi connectivity index (χ4v) is 1.41. The molecule has 71 valence electrons. The van der Waals surface area contributed by atoms with Crippen LogP contribution in [0.3, 0.4) is 0 Å². The maximum Gasteiger partial charge on any atom is 0.357 e. The maximum absolute atomic E-state index is 10.5. The molecule has 4 nitrogen and oxygen atoms in total. The van der Waals surface area contributed by atoms with Crippen molar-refractivity contribution in [2.75, 3.05) is 4.72 Å². The quantitative estimate of drug-likeness (QED) is 0.709. The molecule has 0 fully saturated rings. The van der Waals surface area contributed by atoms with Crippen molar-refractivity contribution in [2.45, 2.75) is 6.92 Å². The standard InChI is InChI=1S/C8H10NO3S/c1-6-4-3-5-8(7(6)2)9-13(10,11)12/h3-5,9H,2H2,1H3,(H,10,11,12). The summed E-state index contributed by atoms with van der Waals surface area (Å²) in [5.41, 5.74) is 1.70. The van der Waals surface area contributed by atoms with Gasteiger partial charge in [-0.25, -0.2) is 0 Å². The molecule has 0 saturated carbocycles. The second-order valence-electron chi connectivity index (χ2n) is 2.68. The van der Waals surface area contributed by atoms with E-state index in [1.165, 1.54) is 6.07 Å². The third-order valence-electron chi connectivity index (χ3n) is 1.65. The Morgan fingerprint density at radius 3 is 2.62 bits per heavy atom. The van der Waals surface area contributed by atoms with Crippen molar-refractivity contribution in [2.24, 2.45) is 0 Å². The van der Waals surface area contributed by atoms with Gasteiger partial charge in [-0.1, -0.05) is 12.1 Å². The Bertz CT molecular complexity index is 411. The molecule has 0 aliphatic carbocycles. The molecular formula is C8H10NO3S. The van der Waals surface area contributed by atoms with Crippen LogP contribution in [-0.4, -0.2) is 13.0 Å². The summed E-state index contributed by atoms with van der Waals surface area (Å²) < 4.78 is 31.4. The largest absolute Gasteiger partial charge is 0.357 e. The smallest absolute Gasteiger partial charge is 0.269 e. The summed E-state index contributed by atoms with van der Waals surface area (Å²) in [6.45, 7) is 5.47. The molecule has 0 spiro atoms. The van der Waals surface area contributed by atoms with Gasteiger partial charge in [0.15, 0.2) is 0 Å². The molecule has 0 heterocycles. The monoisotopic (exact) mass is 200 g/mol. The molecule has 1 radical (unpaired) electrons. The van der Waals surface area contributed by atoms with E-state index in [9.17, 15) is 8.42 Å². The molecule has 0 amide bonds. The summed E-state index contributed by atoms with van der Waals surface area (Å²) in [5.74, 6) is 0. The Morgan fingerprint density at radius 2 is 2.08 bits per heavy atom. The zero-order valence-electron chi connectivity index (χ0n) is 7.11. The highest BCUT2D eigenvalue weighted by molar-refractivity contribution is 7.87. The first-order valence-corrected chi connectivity index (χ1v) is 5.01. The number of anilines is 1. The van der Waals surface area contributed by atoms with Crippen molar-refractivity contribution in [3.63, 3.8) is 0 Å². The van der Waals surface area contributed by atoms with Crippen molar-refractivity contribution in [3.8, 4) is 0 Å². The number of nitrogens with one attached hydrogen (secondary N) is 1. The summed E-state index contributed by atoms with van der Waals surface area (Å²) in [7, 11) is -4.21. The van der Waals surface area contributed by atoms with E-state index >= 15 is 0 Å². The van der Waals surface area contributed by atoms with E-state index in [1.54, 1.807) is 19.1 Å². The minimum Gasteiger partial charge on any atom is -0.269 e. The zero-order chi connectivity index (χ0) is 10.1. The Morgan fingerprint density at radius 1 is 1.46 bits per heavy atom. The van der Waals surface area contributed by atoms with E-state index in [-0.39, 0.29) is 0 Å². The van der Waals surface area contributed by atoms with Gasteiger partial charge in [0.05, 0.1) is 5.69 Å². The summed E-state index contributed by atoms with van der Waals surface area (Å²) >= 11 is 0. The average molecular weight is 200 g/mol. The van der Waals surface area contributed by atoms with Crippen molar-refractivity contribution in [1.29, 1.82) is 0 Å². The van der Waals surface area contributed by atoms with Crippen LogP contribution in [0.4, 0.5) is 5.69 Å². The molecule has 1 rings (SSSR count). The number of hydrogen-bond donors (Lipinski definition) is 2. The van der Waals surface area contributed by atoms with E-state index in [4.69, 9.17) is 4.55 Å². The second kappa shape index (κ2) is 3.35. The molecule has 1 aromatic carbocycles. The number of hydrogen-bond acceptors (Lipinski definition) is 2. The lowest BCUT2D eigenvalue weighted by Crippen LogP contribution is -2.11. The van der Waals surface area contributed by atoms with Gasteiger partial charge in [-0.2, -0.15) is 8.42 Å². The van der Waals surface area contributed by atoms with Gasteiger partial charge in [0.25, 0.3) is 0 Å². The fraction of sp³-hybridized carbons (Fsp3) is 0.125. The Kier molecular flexibility index (Phi) is 2.58. The van der Waals surface area contributed by atoms with Crippen LogP contribution in [0.2, 0.25) is 0 Å². The number of benzene rings is 1. The molecule has 0 aliphatic rings. The Balaban J connectivity index is 3.10. The maximum atomic E-state index is 10.5. The van der Waals surface area contributed by atoms with Crippen LogP contribution in [0.5, 0.6) is 0 Å². The van der Waals surface area contributed by atoms with Crippen LogP contribution in [0.1, 0.15) is 11.1 Å². The third-order valence-corrected chi connectivity index (χ3v) is 2.13. The highest BCUT2D eigenvalue weighted by Crippen LogP contribution is 2.18. The molecular weight excluding hydrogens is 190 g/mol. The van der Waals surface area contributed by atoms with Crippen molar-refractivity contribution in [3.05, 3.63) is 36.2 Å². The summed E-state index contributed by atoms with van der Waals surface area (Å²) in [6.07, 6.45) is 0. The lowest BCUT2D eigenvalue weighted by molar-refractivity contribution is 0.489. The third kappa shape index (κ3) is 2.71. The van der Waals surface area contributed by atoms with Gasteiger partial charge >= 0.3 is 10.3 Å². The van der Waals surface area contributed by atoms with E-state index in [1.807, 2.05) is 4.72 Å². The average Bonchev–Trinajstić information content (AvgIpc) is 1.96. The van der Waals surface area contributed by atoms with Crippen LogP contribution in [0, 0.1) is 13.8 Å². The first-order valence-electron chi connectivity index (χ1n) is 3.57. The number of rotatable bonds is 2. The molecule has 1 aromatic rings. The first-order chi connectivity index (χ1) is 5.90. The van der Waals surface area contributed by atoms with Crippen molar-refractivity contribution >= 4 is 16.0 Å². The predicted molar refractivity (Wildman–Crippen MR) is 50.8 cm³/mol. The predicted octanol–water partition coefficient (Wildman–Crippen LogP) is 1.39. The normalized spacial score (nSPS) is 11.3. The van der Waals surface area contributed by atoms with Crippen LogP contribution in [0.25, 0.3) is 0 Å². The van der Waals surface area contributed by atoms with Gasteiger partial charge in [0.1, 0.15) is 0 Å². The van der Waals surface area contributed by atoms with Gasteiger partial charge in [-0.15, -0.1) is 0 Å². The van der Waals surface area contributed by atoms with Gasteiger partial charge in [-0.3, -0.25) is 9.27 Å². The van der Waals surface area contributed by atoms with E-state index < -0.39 is 10.3 Å². The molecule has 13 heavy (non-hydrogen) atoms. The van der Waals surface area contributed by atoms with Gasteiger partial charge in [-0.05, 0) is 31.0 Å². The second-order valence-corrected chi connectivity index (χ2v) is 3.83. The molecule has 0 saturated heterocycles. The van der Waals surface area contributed by atoms with Crippen LogP contribution >= 0.6 is 0 Å². The minimum absolute atomic E-state index is 0.294. The molecule has 5 heteroatoms. The Labute approximate surface area is 77.5 Å². The van der Waals surface area contributed by atoms with Crippen LogP contribution in [0.15, 0.2) is 18.2 Å². The summed E-state index contributed by atoms with van der Waals surface area (Å²) in [6, 6.07) is 5.01. The molecule has 2 N–H and O–H groups in total. The topological polar surface area (TPSA) is 66.4 Å². The molecule has 0 aliphatic heterocycles. The van der Waals surface area contributed by atoms with Crippen molar-refractivity contribution in [1.82, 2.24) is 0 Å². The molecule has 0 atom stereocenters. The summed E-state index contributed by atoms with van der Waals surface area (Å²) in [4.78, 5) is 0. The van der Waals surface area contributed by atoms with E-state index in [0.29, 0.717) is 11.3 Å². The minimum atomic E-state index is -4.21. The van der Waals surface area contributed by atoms with Crippen LogP contribution in [-0.2, 0) is 10.3 Å². The first kappa shape index (κ1) is 10.0. The van der Waals surface area contributed by atoms with Gasteiger partial charge in [0, 0.05) is 0 Å². The lowest BCUT2D eigenvalue weighted by atomic mass is 10.1. The molecule has 0 unspecified atom stereocenters. The molecule has 0 bridgehead atoms. The molecule has 0 aromatic heterocycles. The van der Waals surface area contributed by atoms with Gasteiger partial charge in [0.2, 0.25) is 0 Å². The van der Waals surface area contributed by atoms with Crippen molar-refractivity contribution < 1.29 is 13.0 Å². The number of aryl methyl sites for hydroxylation is 1. The van der Waals surface area contributed by atoms with Gasteiger partial charge < -0.3 is 0 Å². The highest BCUT2D eigenvalue weighted by atomic mass is 32.2. The van der Waals surface area contributed by atoms with E-state index in [0.717, 1.165) is 5.56 Å². The fourth-order valence-electron chi connectivity index (χ4n) is 0.937. The zero-order valence-corrected chi connectivity index (χ0v) is 7.93. The summed E-state index contributed by atoms with van der Waals surface area (Å²) in [5, 5.41) is 0. The highest BCUT2D eigenvalue weighted by Gasteiger charge is 2.06.